The summed E-state index contributed by atoms with van der Waals surface area (Å²) < 4.78 is 10.9. The number of rotatable bonds is 9. The predicted octanol–water partition coefficient (Wildman–Crippen LogP) is 5.52. The molecule has 3 aromatic carbocycles. The lowest BCUT2D eigenvalue weighted by Crippen LogP contribution is -2.14. The van der Waals surface area contributed by atoms with Crippen LogP contribution >= 0.6 is 15.9 Å². The van der Waals surface area contributed by atoms with Gasteiger partial charge < -0.3 is 14.8 Å². The number of carbonyl (C=O) groups excluding carboxylic acids is 1. The van der Waals surface area contributed by atoms with Gasteiger partial charge in [0.1, 0.15) is 23.1 Å². The number of ether oxygens (including phenoxy) is 2. The summed E-state index contributed by atoms with van der Waals surface area (Å²) in [6, 6.07) is 12.6. The first-order chi connectivity index (χ1) is 18.0. The molecular weight excluding hydrogens is 570 g/mol. The van der Waals surface area contributed by atoms with E-state index in [0.717, 1.165) is 24.3 Å². The Morgan fingerprint density at radius 3 is 2.08 bits per heavy atom. The predicted molar refractivity (Wildman–Crippen MR) is 136 cm³/mol. The van der Waals surface area contributed by atoms with Gasteiger partial charge in [-0.2, -0.15) is 5.26 Å². The molecule has 0 unspecified atom stereocenters. The molecule has 15 heteroatoms. The quantitative estimate of drug-likeness (QED) is 0.144. The van der Waals surface area contributed by atoms with Crippen LogP contribution in [0.25, 0.3) is 6.08 Å². The third-order valence-corrected chi connectivity index (χ3v) is 5.46. The molecule has 0 radical (unpaired) electrons. The Labute approximate surface area is 221 Å². The number of hydrogen-bond donors (Lipinski definition) is 1. The van der Waals surface area contributed by atoms with Gasteiger partial charge in [-0.3, -0.25) is 35.1 Å². The van der Waals surface area contributed by atoms with Crippen LogP contribution in [0.3, 0.4) is 0 Å². The Balaban J connectivity index is 1.86. The van der Waals surface area contributed by atoms with Gasteiger partial charge in [-0.05, 0) is 51.8 Å². The lowest BCUT2D eigenvalue weighted by molar-refractivity contribution is -0.394. The third kappa shape index (κ3) is 6.25. The number of nitriles is 1. The molecule has 0 saturated heterocycles. The van der Waals surface area contributed by atoms with E-state index in [1.54, 1.807) is 6.07 Å². The highest BCUT2D eigenvalue weighted by molar-refractivity contribution is 9.10. The summed E-state index contributed by atoms with van der Waals surface area (Å²) in [4.78, 5) is 43.8. The molecule has 0 aliphatic heterocycles. The largest absolute Gasteiger partial charge is 0.495 e. The SMILES string of the molecule is COc1ccc([N+](=O)[O-])cc1NC(=O)/C(C#N)=C/c1ccc(Oc2ccc([N+](=O)[O-])cc2[N+](=O)[O-])c(Br)c1. The van der Waals surface area contributed by atoms with E-state index in [1.807, 2.05) is 0 Å². The Morgan fingerprint density at radius 1 is 0.921 bits per heavy atom. The number of nitro benzene ring substituents is 3. The average Bonchev–Trinajstić information content (AvgIpc) is 2.88. The number of non-ortho nitro benzene ring substituents is 2. The van der Waals surface area contributed by atoms with Crippen LogP contribution in [0.5, 0.6) is 17.2 Å². The van der Waals surface area contributed by atoms with E-state index in [-0.39, 0.29) is 38.7 Å². The van der Waals surface area contributed by atoms with Crippen LogP contribution in [0.1, 0.15) is 5.56 Å². The highest BCUT2D eigenvalue weighted by Gasteiger charge is 2.22. The van der Waals surface area contributed by atoms with Crippen LogP contribution in [0.2, 0.25) is 0 Å². The fourth-order valence-electron chi connectivity index (χ4n) is 3.07. The molecule has 3 aromatic rings. The molecule has 0 aliphatic carbocycles. The van der Waals surface area contributed by atoms with Gasteiger partial charge in [0.15, 0.2) is 0 Å². The first-order valence-corrected chi connectivity index (χ1v) is 11.0. The van der Waals surface area contributed by atoms with Gasteiger partial charge in [-0.25, -0.2) is 0 Å². The summed E-state index contributed by atoms with van der Waals surface area (Å²) >= 11 is 3.25. The minimum Gasteiger partial charge on any atom is -0.495 e. The second kappa shape index (κ2) is 11.6. The Hall–Kier alpha value is -5.36. The van der Waals surface area contributed by atoms with E-state index in [2.05, 4.69) is 21.2 Å². The lowest BCUT2D eigenvalue weighted by atomic mass is 10.1. The molecular formula is C23H14BrN5O9. The maximum Gasteiger partial charge on any atom is 0.318 e. The minimum atomic E-state index is -0.857. The Bertz CT molecular complexity index is 1550. The summed E-state index contributed by atoms with van der Waals surface area (Å²) in [7, 11) is 1.31. The maximum atomic E-state index is 12.7. The van der Waals surface area contributed by atoms with Crippen LogP contribution in [0.15, 0.2) is 64.6 Å². The molecule has 0 fully saturated rings. The highest BCUT2D eigenvalue weighted by Crippen LogP contribution is 2.37. The number of nitrogens with zero attached hydrogens (tertiary/aromatic N) is 4. The molecule has 0 heterocycles. The maximum absolute atomic E-state index is 12.7. The molecule has 1 N–H and O–H groups in total. The van der Waals surface area contributed by atoms with Gasteiger partial charge in [0.2, 0.25) is 5.75 Å². The van der Waals surface area contributed by atoms with E-state index in [4.69, 9.17) is 9.47 Å². The number of hydrogen-bond acceptors (Lipinski definition) is 10. The van der Waals surface area contributed by atoms with Crippen molar-refractivity contribution in [2.75, 3.05) is 12.4 Å². The second-order valence-electron chi connectivity index (χ2n) is 7.22. The van der Waals surface area contributed by atoms with Crippen molar-refractivity contribution in [1.29, 1.82) is 5.26 Å². The zero-order chi connectivity index (χ0) is 28.0. The van der Waals surface area contributed by atoms with Crippen LogP contribution in [-0.2, 0) is 4.79 Å². The normalized spacial score (nSPS) is 10.7. The third-order valence-electron chi connectivity index (χ3n) is 4.84. The van der Waals surface area contributed by atoms with Gasteiger partial charge in [-0.15, -0.1) is 0 Å². The van der Waals surface area contributed by atoms with E-state index in [9.17, 15) is 40.4 Å². The molecule has 0 spiro atoms. The molecule has 192 valence electrons. The molecule has 14 nitrogen and oxygen atoms in total. The van der Waals surface area contributed by atoms with Gasteiger partial charge in [0, 0.05) is 18.2 Å². The van der Waals surface area contributed by atoms with Crippen LogP contribution in [0, 0.1) is 41.7 Å². The van der Waals surface area contributed by atoms with Gasteiger partial charge in [0.05, 0.1) is 38.1 Å². The summed E-state index contributed by atoms with van der Waals surface area (Å²) in [5, 5.41) is 45.2. The smallest absolute Gasteiger partial charge is 0.318 e. The topological polar surface area (TPSA) is 201 Å². The number of carbonyl (C=O) groups is 1. The van der Waals surface area contributed by atoms with E-state index < -0.39 is 32.1 Å². The zero-order valence-corrected chi connectivity index (χ0v) is 20.7. The molecule has 0 aromatic heterocycles. The number of halogens is 1. The van der Waals surface area contributed by atoms with Crippen LogP contribution < -0.4 is 14.8 Å². The van der Waals surface area contributed by atoms with E-state index in [0.29, 0.717) is 5.56 Å². The first kappa shape index (κ1) is 27.2. The summed E-state index contributed by atoms with van der Waals surface area (Å²) in [5.41, 5.74) is -1.38. The van der Waals surface area contributed by atoms with Crippen molar-refractivity contribution in [3.63, 3.8) is 0 Å². The van der Waals surface area contributed by atoms with Crippen molar-refractivity contribution in [3.8, 4) is 23.3 Å². The number of benzene rings is 3. The van der Waals surface area contributed by atoms with E-state index >= 15 is 0 Å². The molecule has 0 atom stereocenters. The Morgan fingerprint density at radius 2 is 1.53 bits per heavy atom. The van der Waals surface area contributed by atoms with Crippen LogP contribution in [0.4, 0.5) is 22.7 Å². The van der Waals surface area contributed by atoms with Gasteiger partial charge >= 0.3 is 5.69 Å². The summed E-state index contributed by atoms with van der Waals surface area (Å²) in [5.74, 6) is -0.842. The number of amides is 1. The zero-order valence-electron chi connectivity index (χ0n) is 19.1. The Kier molecular flexibility index (Phi) is 8.30. The van der Waals surface area contributed by atoms with E-state index in [1.165, 1.54) is 43.5 Å². The first-order valence-electron chi connectivity index (χ1n) is 10.2. The fraction of sp³-hybridized carbons (Fsp3) is 0.0435. The lowest BCUT2D eigenvalue weighted by Gasteiger charge is -2.10. The molecule has 1 amide bonds. The van der Waals surface area contributed by atoms with Gasteiger partial charge in [0.25, 0.3) is 17.3 Å². The standard InChI is InChI=1S/C23H14BrN5O9/c1-37-21-6-3-15(27(31)32)10-18(21)26-23(30)14(12-25)8-13-2-5-20(17(24)9-13)38-22-7-4-16(28(33)34)11-19(22)29(35)36/h2-11H,1H3,(H,26,30)/b14-8+. The van der Waals surface area contributed by atoms with Crippen molar-refractivity contribution >= 4 is 50.7 Å². The fourth-order valence-corrected chi connectivity index (χ4v) is 3.55. The number of methoxy groups -OCH3 is 1. The number of nitrogens with one attached hydrogen (secondary N) is 1. The van der Waals surface area contributed by atoms with Crippen molar-refractivity contribution < 1.29 is 29.0 Å². The highest BCUT2D eigenvalue weighted by atomic mass is 79.9. The second-order valence-corrected chi connectivity index (χ2v) is 8.08. The molecule has 38 heavy (non-hydrogen) atoms. The molecule has 3 rings (SSSR count). The van der Waals surface area contributed by atoms with Crippen molar-refractivity contribution in [1.82, 2.24) is 0 Å². The minimum absolute atomic E-state index is 0.0116. The number of anilines is 1. The molecule has 0 saturated carbocycles. The molecule has 0 bridgehead atoms. The van der Waals surface area contributed by atoms with Crippen LogP contribution in [-0.4, -0.2) is 27.8 Å². The van der Waals surface area contributed by atoms with Crippen molar-refractivity contribution in [3.05, 3.63) is 101 Å². The summed E-state index contributed by atoms with van der Waals surface area (Å²) in [6.07, 6.45) is 1.24. The molecule has 0 aliphatic rings. The van der Waals surface area contributed by atoms with Gasteiger partial charge in [-0.1, -0.05) is 6.07 Å². The van der Waals surface area contributed by atoms with Crippen molar-refractivity contribution in [2.45, 2.75) is 0 Å². The number of nitro groups is 3. The average molecular weight is 584 g/mol. The monoisotopic (exact) mass is 583 g/mol. The van der Waals surface area contributed by atoms with Crippen molar-refractivity contribution in [2.24, 2.45) is 0 Å². The summed E-state index contributed by atoms with van der Waals surface area (Å²) in [6.45, 7) is 0.